The van der Waals surface area contributed by atoms with E-state index in [4.69, 9.17) is 0 Å². The molecule has 0 bridgehead atoms. The van der Waals surface area contributed by atoms with E-state index in [1.54, 1.807) is 0 Å². The monoisotopic (exact) mass is 258 g/mol. The number of aryl methyl sites for hydroxylation is 1. The zero-order valence-electron chi connectivity index (χ0n) is 12.2. The minimum Gasteiger partial charge on any atom is -0.312 e. The van der Waals surface area contributed by atoms with Gasteiger partial charge in [-0.2, -0.15) is 0 Å². The van der Waals surface area contributed by atoms with Crippen LogP contribution in [0.2, 0.25) is 0 Å². The van der Waals surface area contributed by atoms with Crippen LogP contribution in [0.4, 0.5) is 0 Å². The van der Waals surface area contributed by atoms with Crippen molar-refractivity contribution in [1.82, 2.24) is 10.2 Å². The third-order valence-electron chi connectivity index (χ3n) is 4.84. The van der Waals surface area contributed by atoms with E-state index in [1.165, 1.54) is 50.0 Å². The van der Waals surface area contributed by atoms with Crippen LogP contribution in [0, 0.1) is 12.8 Å². The lowest BCUT2D eigenvalue weighted by Crippen LogP contribution is -2.40. The Kier molecular flexibility index (Phi) is 3.90. The standard InChI is InChI=1S/C17H26N2/c1-13-6-3-4-7-16(13)14(2)19-11-5-10-18-17(12-19)15-8-9-15/h3-4,6-7,14-15,17-18H,5,8-12H2,1-2H3. The molecule has 2 heteroatoms. The Bertz CT molecular complexity index is 425. The predicted molar refractivity (Wildman–Crippen MR) is 80.3 cm³/mol. The average Bonchev–Trinajstić information content (AvgIpc) is 3.24. The Morgan fingerprint density at radius 2 is 2.05 bits per heavy atom. The first-order chi connectivity index (χ1) is 9.25. The molecule has 19 heavy (non-hydrogen) atoms. The number of nitrogens with zero attached hydrogens (tertiary/aromatic N) is 1. The summed E-state index contributed by atoms with van der Waals surface area (Å²) in [6.45, 7) is 8.25. The van der Waals surface area contributed by atoms with Crippen molar-refractivity contribution in [3.63, 3.8) is 0 Å². The summed E-state index contributed by atoms with van der Waals surface area (Å²) in [5, 5.41) is 3.75. The fraction of sp³-hybridized carbons (Fsp3) is 0.647. The molecule has 0 radical (unpaired) electrons. The van der Waals surface area contributed by atoms with Gasteiger partial charge in [0.25, 0.3) is 0 Å². The highest BCUT2D eigenvalue weighted by atomic mass is 15.2. The lowest BCUT2D eigenvalue weighted by molar-refractivity contribution is 0.200. The number of hydrogen-bond donors (Lipinski definition) is 1. The SMILES string of the molecule is Cc1ccccc1C(C)N1CCCNC(C2CC2)C1. The minimum absolute atomic E-state index is 0.544. The average molecular weight is 258 g/mol. The van der Waals surface area contributed by atoms with Crippen LogP contribution < -0.4 is 5.32 Å². The highest BCUT2D eigenvalue weighted by Gasteiger charge is 2.34. The molecule has 1 heterocycles. The molecule has 3 rings (SSSR count). The maximum absolute atomic E-state index is 3.75. The summed E-state index contributed by atoms with van der Waals surface area (Å²) in [6, 6.07) is 10.1. The molecule has 2 fully saturated rings. The molecule has 1 N–H and O–H groups in total. The van der Waals surface area contributed by atoms with Crippen molar-refractivity contribution in [3.05, 3.63) is 35.4 Å². The van der Waals surface area contributed by atoms with Crippen molar-refractivity contribution in [1.29, 1.82) is 0 Å². The van der Waals surface area contributed by atoms with Gasteiger partial charge in [0.15, 0.2) is 0 Å². The molecule has 1 aliphatic heterocycles. The molecule has 2 aliphatic rings. The Morgan fingerprint density at radius 1 is 1.26 bits per heavy atom. The van der Waals surface area contributed by atoms with Crippen molar-refractivity contribution in [2.45, 2.75) is 45.2 Å². The van der Waals surface area contributed by atoms with Crippen LogP contribution in [0.25, 0.3) is 0 Å². The van der Waals surface area contributed by atoms with Gasteiger partial charge in [-0.25, -0.2) is 0 Å². The fourth-order valence-electron chi connectivity index (χ4n) is 3.40. The van der Waals surface area contributed by atoms with Crippen molar-refractivity contribution in [2.75, 3.05) is 19.6 Å². The van der Waals surface area contributed by atoms with Crippen molar-refractivity contribution in [2.24, 2.45) is 5.92 Å². The van der Waals surface area contributed by atoms with Crippen LogP contribution in [-0.4, -0.2) is 30.6 Å². The van der Waals surface area contributed by atoms with Crippen LogP contribution in [-0.2, 0) is 0 Å². The largest absolute Gasteiger partial charge is 0.312 e. The first kappa shape index (κ1) is 13.1. The van der Waals surface area contributed by atoms with Crippen LogP contribution in [0.5, 0.6) is 0 Å². The molecule has 0 amide bonds. The van der Waals surface area contributed by atoms with E-state index >= 15 is 0 Å². The molecule has 2 unspecified atom stereocenters. The summed E-state index contributed by atoms with van der Waals surface area (Å²) in [4.78, 5) is 2.69. The third kappa shape index (κ3) is 3.01. The van der Waals surface area contributed by atoms with Crippen LogP contribution in [0.3, 0.4) is 0 Å². The van der Waals surface area contributed by atoms with Gasteiger partial charge in [0.2, 0.25) is 0 Å². The Hall–Kier alpha value is -0.860. The van der Waals surface area contributed by atoms with E-state index in [-0.39, 0.29) is 0 Å². The second-order valence-electron chi connectivity index (χ2n) is 6.28. The molecular formula is C17H26N2. The summed E-state index contributed by atoms with van der Waals surface area (Å²) in [5.74, 6) is 0.949. The second kappa shape index (κ2) is 5.64. The summed E-state index contributed by atoms with van der Waals surface area (Å²) in [7, 11) is 0. The molecule has 1 aliphatic carbocycles. The molecule has 1 saturated heterocycles. The normalized spacial score (nSPS) is 26.9. The van der Waals surface area contributed by atoms with Gasteiger partial charge in [-0.05, 0) is 56.7 Å². The molecule has 1 aromatic carbocycles. The summed E-state index contributed by atoms with van der Waals surface area (Å²) in [5.41, 5.74) is 2.93. The van der Waals surface area contributed by atoms with Gasteiger partial charge in [0.05, 0.1) is 0 Å². The molecule has 1 saturated carbocycles. The minimum atomic E-state index is 0.544. The van der Waals surface area contributed by atoms with Gasteiger partial charge < -0.3 is 5.32 Å². The Balaban J connectivity index is 1.74. The highest BCUT2D eigenvalue weighted by molar-refractivity contribution is 5.28. The fourth-order valence-corrected chi connectivity index (χ4v) is 3.40. The Labute approximate surface area is 117 Å². The topological polar surface area (TPSA) is 15.3 Å². The summed E-state index contributed by atoms with van der Waals surface area (Å²) in [6.07, 6.45) is 4.15. The maximum atomic E-state index is 3.75. The van der Waals surface area contributed by atoms with Gasteiger partial charge in [-0.15, -0.1) is 0 Å². The molecule has 0 spiro atoms. The number of nitrogens with one attached hydrogen (secondary N) is 1. The summed E-state index contributed by atoms with van der Waals surface area (Å²) >= 11 is 0. The van der Waals surface area contributed by atoms with Gasteiger partial charge >= 0.3 is 0 Å². The zero-order valence-corrected chi connectivity index (χ0v) is 12.2. The van der Waals surface area contributed by atoms with Gasteiger partial charge in [0, 0.05) is 25.2 Å². The Morgan fingerprint density at radius 3 is 2.79 bits per heavy atom. The van der Waals surface area contributed by atoms with Gasteiger partial charge in [0.1, 0.15) is 0 Å². The number of rotatable bonds is 3. The first-order valence-corrected chi connectivity index (χ1v) is 7.78. The van der Waals surface area contributed by atoms with E-state index in [0.717, 1.165) is 12.0 Å². The molecule has 0 aromatic heterocycles. The van der Waals surface area contributed by atoms with Crippen LogP contribution >= 0.6 is 0 Å². The quantitative estimate of drug-likeness (QED) is 0.896. The molecule has 1 aromatic rings. The van der Waals surface area contributed by atoms with Crippen LogP contribution in [0.1, 0.15) is 43.4 Å². The lowest BCUT2D eigenvalue weighted by atomic mass is 10.0. The zero-order chi connectivity index (χ0) is 13.2. The van der Waals surface area contributed by atoms with Gasteiger partial charge in [-0.3, -0.25) is 4.90 Å². The number of benzene rings is 1. The highest BCUT2D eigenvalue weighted by Crippen LogP contribution is 2.35. The lowest BCUT2D eigenvalue weighted by Gasteiger charge is -2.31. The first-order valence-electron chi connectivity index (χ1n) is 7.78. The smallest absolute Gasteiger partial charge is 0.0323 e. The van der Waals surface area contributed by atoms with E-state index in [2.05, 4.69) is 48.3 Å². The second-order valence-corrected chi connectivity index (χ2v) is 6.28. The van der Waals surface area contributed by atoms with Gasteiger partial charge in [-0.1, -0.05) is 24.3 Å². The molecule has 2 atom stereocenters. The summed E-state index contributed by atoms with van der Waals surface area (Å²) < 4.78 is 0. The van der Waals surface area contributed by atoms with Crippen molar-refractivity contribution in [3.8, 4) is 0 Å². The maximum Gasteiger partial charge on any atom is 0.0323 e. The van der Waals surface area contributed by atoms with Crippen molar-refractivity contribution >= 4 is 0 Å². The van der Waals surface area contributed by atoms with E-state index in [1.807, 2.05) is 0 Å². The number of hydrogen-bond acceptors (Lipinski definition) is 2. The van der Waals surface area contributed by atoms with E-state index in [9.17, 15) is 0 Å². The predicted octanol–water partition coefficient (Wildman–Crippen LogP) is 3.13. The molecular weight excluding hydrogens is 232 g/mol. The molecule has 104 valence electrons. The van der Waals surface area contributed by atoms with Crippen LogP contribution in [0.15, 0.2) is 24.3 Å². The van der Waals surface area contributed by atoms with E-state index in [0.29, 0.717) is 6.04 Å². The molecule has 2 nitrogen and oxygen atoms in total. The van der Waals surface area contributed by atoms with Crippen molar-refractivity contribution < 1.29 is 0 Å². The third-order valence-corrected chi connectivity index (χ3v) is 4.84. The van der Waals surface area contributed by atoms with E-state index < -0.39 is 0 Å².